The van der Waals surface area contributed by atoms with E-state index in [0.29, 0.717) is 35.4 Å². The Morgan fingerprint density at radius 2 is 1.71 bits per heavy atom. The van der Waals surface area contributed by atoms with Crippen molar-refractivity contribution in [2.45, 2.75) is 6.92 Å². The first-order valence-electron chi connectivity index (χ1n) is 10.0. The molecule has 0 aliphatic rings. The van der Waals surface area contributed by atoms with E-state index in [2.05, 4.69) is 19.9 Å². The molecule has 0 fully saturated rings. The van der Waals surface area contributed by atoms with Crippen molar-refractivity contribution >= 4 is 27.1 Å². The Labute approximate surface area is 196 Å². The third kappa shape index (κ3) is 4.41. The molecule has 0 aliphatic carbocycles. The Morgan fingerprint density at radius 3 is 2.32 bits per heavy atom. The zero-order valence-electron chi connectivity index (χ0n) is 18.7. The van der Waals surface area contributed by atoms with Crippen molar-refractivity contribution in [3.8, 4) is 34.6 Å². The number of anilines is 1. The second kappa shape index (κ2) is 9.09. The van der Waals surface area contributed by atoms with Gasteiger partial charge in [-0.2, -0.15) is 9.37 Å². The summed E-state index contributed by atoms with van der Waals surface area (Å²) in [7, 11) is -0.871. The quantitative estimate of drug-likeness (QED) is 0.396. The number of halogens is 1. The number of nitrogens with zero attached hydrogens (tertiary/aromatic N) is 5. The van der Waals surface area contributed by atoms with Crippen LogP contribution in [0.3, 0.4) is 0 Å². The molecule has 0 unspecified atom stereocenters. The number of para-hydroxylation sites is 1. The molecule has 0 radical (unpaired) electrons. The van der Waals surface area contributed by atoms with Gasteiger partial charge in [0.05, 0.1) is 27.1 Å². The first kappa shape index (κ1) is 23.2. The number of rotatable bonds is 8. The zero-order valence-corrected chi connectivity index (χ0v) is 19.6. The minimum absolute atomic E-state index is 0. The standard InChI is InChI=1S/C21H21FN6O5S.H2/c1-5-33-15-11-6-8-12(23-15)20-26-19-21(25-18(17(22)24-19)27-34(4,29)30)28(20)16-13(31-2)9-7-10-14(16)32-3;/h6-11H,5H2,1-4H3,(H,25,27);1H. The topological polar surface area (TPSA) is 130 Å². The summed E-state index contributed by atoms with van der Waals surface area (Å²) in [6.07, 6.45) is 0.882. The van der Waals surface area contributed by atoms with Crippen LogP contribution in [-0.2, 0) is 10.0 Å². The monoisotopic (exact) mass is 490 g/mol. The third-order valence-electron chi connectivity index (χ3n) is 4.60. The Hall–Kier alpha value is -4.00. The molecule has 0 saturated carbocycles. The number of imidazole rings is 1. The van der Waals surface area contributed by atoms with Gasteiger partial charge in [0, 0.05) is 7.49 Å². The summed E-state index contributed by atoms with van der Waals surface area (Å²) >= 11 is 0. The highest BCUT2D eigenvalue weighted by Gasteiger charge is 2.25. The first-order valence-corrected chi connectivity index (χ1v) is 11.9. The van der Waals surface area contributed by atoms with Crippen molar-refractivity contribution < 1.29 is 28.4 Å². The fourth-order valence-corrected chi connectivity index (χ4v) is 3.80. The van der Waals surface area contributed by atoms with Gasteiger partial charge >= 0.3 is 0 Å². The van der Waals surface area contributed by atoms with Crippen LogP contribution in [0, 0.1) is 5.95 Å². The van der Waals surface area contributed by atoms with Crippen LogP contribution in [0.2, 0.25) is 0 Å². The van der Waals surface area contributed by atoms with E-state index in [-0.39, 0.29) is 18.5 Å². The smallest absolute Gasteiger partial charge is 0.258 e. The molecule has 180 valence electrons. The van der Waals surface area contributed by atoms with Gasteiger partial charge in [-0.05, 0) is 25.1 Å². The summed E-state index contributed by atoms with van der Waals surface area (Å²) in [5.74, 6) is -0.327. The Morgan fingerprint density at radius 1 is 1.03 bits per heavy atom. The van der Waals surface area contributed by atoms with Gasteiger partial charge in [0.15, 0.2) is 17.3 Å². The van der Waals surface area contributed by atoms with Gasteiger partial charge in [-0.3, -0.25) is 9.29 Å². The molecule has 4 rings (SSSR count). The number of pyridine rings is 1. The number of benzene rings is 1. The largest absolute Gasteiger partial charge is 0.494 e. The molecule has 11 nitrogen and oxygen atoms in total. The minimum Gasteiger partial charge on any atom is -0.494 e. The van der Waals surface area contributed by atoms with E-state index in [1.54, 1.807) is 36.4 Å². The van der Waals surface area contributed by atoms with Gasteiger partial charge in [0.2, 0.25) is 21.6 Å². The molecule has 13 heteroatoms. The lowest BCUT2D eigenvalue weighted by Gasteiger charge is -2.16. The number of methoxy groups -OCH3 is 2. The molecule has 0 atom stereocenters. The highest BCUT2D eigenvalue weighted by Crippen LogP contribution is 2.38. The highest BCUT2D eigenvalue weighted by atomic mass is 32.2. The lowest BCUT2D eigenvalue weighted by atomic mass is 10.2. The maximum Gasteiger partial charge on any atom is 0.258 e. The maximum atomic E-state index is 14.6. The van der Waals surface area contributed by atoms with Crippen molar-refractivity contribution in [2.75, 3.05) is 31.8 Å². The van der Waals surface area contributed by atoms with Gasteiger partial charge in [-0.1, -0.05) is 12.1 Å². The predicted octanol–water partition coefficient (Wildman–Crippen LogP) is 3.05. The average Bonchev–Trinajstić information content (AvgIpc) is 3.15. The molecule has 0 saturated heterocycles. The van der Waals surface area contributed by atoms with Gasteiger partial charge < -0.3 is 14.2 Å². The molecule has 0 aliphatic heterocycles. The normalized spacial score (nSPS) is 11.4. The molecule has 1 aromatic carbocycles. The molecule has 3 heterocycles. The maximum absolute atomic E-state index is 14.6. The molecule has 3 aromatic heterocycles. The van der Waals surface area contributed by atoms with Crippen LogP contribution in [0.4, 0.5) is 10.2 Å². The van der Waals surface area contributed by atoms with Crippen LogP contribution in [-0.4, -0.2) is 60.0 Å². The lowest BCUT2D eigenvalue weighted by molar-refractivity contribution is 0.327. The van der Waals surface area contributed by atoms with E-state index in [4.69, 9.17) is 14.2 Å². The van der Waals surface area contributed by atoms with Gasteiger partial charge in [0.1, 0.15) is 22.9 Å². The Balaban J connectivity index is 0.00000342. The van der Waals surface area contributed by atoms with Crippen molar-refractivity contribution in [1.29, 1.82) is 0 Å². The van der Waals surface area contributed by atoms with Gasteiger partial charge in [-0.15, -0.1) is 0 Å². The van der Waals surface area contributed by atoms with Crippen LogP contribution >= 0.6 is 0 Å². The van der Waals surface area contributed by atoms with Crippen LogP contribution in [0.5, 0.6) is 17.4 Å². The fraction of sp³-hybridized carbons (Fsp3) is 0.238. The molecule has 0 bridgehead atoms. The highest BCUT2D eigenvalue weighted by molar-refractivity contribution is 7.92. The molecule has 34 heavy (non-hydrogen) atoms. The minimum atomic E-state index is -3.83. The summed E-state index contributed by atoms with van der Waals surface area (Å²) in [5.41, 5.74) is 0.730. The third-order valence-corrected chi connectivity index (χ3v) is 5.17. The van der Waals surface area contributed by atoms with Crippen LogP contribution in [0.1, 0.15) is 8.35 Å². The first-order chi connectivity index (χ1) is 16.3. The SMILES string of the molecule is CCOc1cccc(-c2nc3nc(F)c(NS(C)(=O)=O)nc3n2-c2c(OC)cccc2OC)n1.[HH]. The summed E-state index contributed by atoms with van der Waals surface area (Å²) in [6, 6.07) is 10.2. The number of hydrogen-bond donors (Lipinski definition) is 1. The second-order valence-corrected chi connectivity index (χ2v) is 8.71. The second-order valence-electron chi connectivity index (χ2n) is 6.96. The summed E-state index contributed by atoms with van der Waals surface area (Å²) in [5, 5.41) is 0. The number of nitrogens with one attached hydrogen (secondary N) is 1. The summed E-state index contributed by atoms with van der Waals surface area (Å²) in [4.78, 5) is 17.0. The number of sulfonamides is 1. The van der Waals surface area contributed by atoms with Gasteiger partial charge in [-0.25, -0.2) is 23.4 Å². The van der Waals surface area contributed by atoms with Crippen LogP contribution in [0.15, 0.2) is 36.4 Å². The van der Waals surface area contributed by atoms with Crippen LogP contribution < -0.4 is 18.9 Å². The fourth-order valence-electron chi connectivity index (χ4n) is 3.32. The van der Waals surface area contributed by atoms with E-state index in [0.717, 1.165) is 6.26 Å². The zero-order chi connectivity index (χ0) is 24.5. The molecule has 4 aromatic rings. The molecular weight excluding hydrogens is 467 g/mol. The van der Waals surface area contributed by atoms with Crippen molar-refractivity contribution in [2.24, 2.45) is 0 Å². The van der Waals surface area contributed by atoms with Crippen molar-refractivity contribution in [3.63, 3.8) is 0 Å². The molecule has 0 spiro atoms. The number of ether oxygens (including phenoxy) is 3. The number of hydrogen-bond acceptors (Lipinski definition) is 9. The Kier molecular flexibility index (Phi) is 6.20. The molecular formula is C21H23FN6O5S. The van der Waals surface area contributed by atoms with Gasteiger partial charge in [0.25, 0.3) is 5.95 Å². The predicted molar refractivity (Wildman–Crippen MR) is 125 cm³/mol. The van der Waals surface area contributed by atoms with E-state index < -0.39 is 21.8 Å². The van der Waals surface area contributed by atoms with E-state index in [9.17, 15) is 12.8 Å². The van der Waals surface area contributed by atoms with E-state index >= 15 is 0 Å². The summed E-state index contributed by atoms with van der Waals surface area (Å²) < 4.78 is 58.2. The lowest BCUT2D eigenvalue weighted by Crippen LogP contribution is -2.14. The van der Waals surface area contributed by atoms with E-state index in [1.165, 1.54) is 18.8 Å². The number of aromatic nitrogens is 5. The Bertz CT molecular complexity index is 1460. The van der Waals surface area contributed by atoms with Crippen molar-refractivity contribution in [3.05, 3.63) is 42.3 Å². The molecule has 1 N–H and O–H groups in total. The van der Waals surface area contributed by atoms with Crippen molar-refractivity contribution in [1.82, 2.24) is 24.5 Å². The summed E-state index contributed by atoms with van der Waals surface area (Å²) in [6.45, 7) is 2.23. The molecule has 0 amide bonds. The average molecular weight is 491 g/mol. The van der Waals surface area contributed by atoms with E-state index in [1.807, 2.05) is 11.6 Å². The van der Waals surface area contributed by atoms with Crippen LogP contribution in [0.25, 0.3) is 28.5 Å². The number of fused-ring (bicyclic) bond motifs is 1.